The summed E-state index contributed by atoms with van der Waals surface area (Å²) >= 11 is 0. The van der Waals surface area contributed by atoms with Gasteiger partial charge in [0.25, 0.3) is 0 Å². The molecule has 0 amide bonds. The lowest BCUT2D eigenvalue weighted by atomic mass is 9.60. The van der Waals surface area contributed by atoms with Crippen LogP contribution in [0.1, 0.15) is 166 Å². The Morgan fingerprint density at radius 1 is 0.926 bits per heavy atom. The van der Waals surface area contributed by atoms with E-state index < -0.39 is 16.6 Å². The van der Waals surface area contributed by atoms with E-state index in [1.165, 1.54) is 44.6 Å². The molecule has 4 rings (SSSR count). The lowest BCUT2D eigenvalue weighted by molar-refractivity contribution is -0.153. The van der Waals surface area contributed by atoms with Crippen LogP contribution >= 0.6 is 0 Å². The number of carbonyl (C=O) groups is 2. The van der Waals surface area contributed by atoms with Gasteiger partial charge in [-0.25, -0.2) is 0 Å². The fraction of sp³-hybridized carbons (Fsp3) is 0.830. The highest BCUT2D eigenvalue weighted by atomic mass is 28.4. The highest BCUT2D eigenvalue weighted by Crippen LogP contribution is 2.60. The summed E-state index contributed by atoms with van der Waals surface area (Å²) in [7, 11) is -4.02. The molecule has 3 unspecified atom stereocenters. The maximum atomic E-state index is 13.8. The summed E-state index contributed by atoms with van der Waals surface area (Å²) < 4.78 is 20.3. The summed E-state index contributed by atoms with van der Waals surface area (Å²) in [6.07, 6.45) is 20.2. The molecular formula is C47H82O5Si2. The zero-order valence-corrected chi connectivity index (χ0v) is 39.5. The van der Waals surface area contributed by atoms with Crippen LogP contribution in [0.15, 0.2) is 35.5 Å². The Balaban J connectivity index is 1.56. The maximum Gasteiger partial charge on any atom is 0.302 e. The van der Waals surface area contributed by atoms with Crippen LogP contribution in [0.3, 0.4) is 0 Å². The third kappa shape index (κ3) is 10.4. The van der Waals surface area contributed by atoms with Crippen molar-refractivity contribution in [1.29, 1.82) is 0 Å². The van der Waals surface area contributed by atoms with Gasteiger partial charge in [0.1, 0.15) is 11.9 Å². The number of allylic oxidation sites excluding steroid dienone is 3. The number of hydrogen-bond donors (Lipinski definition) is 0. The standard InChI is InChI=1S/C47H82O5Si2/c1-16-17-18-19-27-47(28-29-47)43(49)32-41(50-35(4)48)34(3)39-24-25-40-36(21-20-26-46(39,40)11)22-23-37-30-38(51-53(12,13)44(5,6)7)31-42(33(37)2)52-54(14,15)45(8,9)10/h22-23,34,38-42H,2,16-21,24-32H2,1,3-15H3/b36-22+,37-23-/t34-,38?,39+,40-,41?,42?,46+/m0/s1. The summed E-state index contributed by atoms with van der Waals surface area (Å²) in [5.41, 5.74) is 3.93. The van der Waals surface area contributed by atoms with Crippen LogP contribution in [-0.4, -0.2) is 46.7 Å². The maximum absolute atomic E-state index is 13.8. The Kier molecular flexibility index (Phi) is 14.5. The molecule has 0 aromatic carbocycles. The molecule has 0 bridgehead atoms. The van der Waals surface area contributed by atoms with Crippen molar-refractivity contribution in [3.63, 3.8) is 0 Å². The largest absolute Gasteiger partial charge is 0.462 e. The molecule has 4 saturated carbocycles. The number of esters is 1. The van der Waals surface area contributed by atoms with E-state index in [1.807, 2.05) is 0 Å². The molecule has 0 aromatic heterocycles. The number of unbranched alkanes of at least 4 members (excludes halogenated alkanes) is 3. The predicted octanol–water partition coefficient (Wildman–Crippen LogP) is 13.5. The summed E-state index contributed by atoms with van der Waals surface area (Å²) in [4.78, 5) is 26.3. The first-order valence-electron chi connectivity index (χ1n) is 22.0. The second kappa shape index (κ2) is 17.3. The number of rotatable bonds is 16. The van der Waals surface area contributed by atoms with E-state index in [0.717, 1.165) is 63.4 Å². The van der Waals surface area contributed by atoms with Gasteiger partial charge in [-0.1, -0.05) is 112 Å². The molecule has 4 fully saturated rings. The van der Waals surface area contributed by atoms with E-state index >= 15 is 0 Å². The fourth-order valence-electron chi connectivity index (χ4n) is 9.82. The summed E-state index contributed by atoms with van der Waals surface area (Å²) in [6.45, 7) is 36.6. The average molecular weight is 783 g/mol. The van der Waals surface area contributed by atoms with Crippen molar-refractivity contribution < 1.29 is 23.2 Å². The van der Waals surface area contributed by atoms with Gasteiger partial charge in [0.2, 0.25) is 0 Å². The third-order valence-electron chi connectivity index (χ3n) is 15.7. The number of ketones is 1. The lowest BCUT2D eigenvalue weighted by Crippen LogP contribution is -2.49. The molecule has 0 spiro atoms. The van der Waals surface area contributed by atoms with Gasteiger partial charge in [-0.3, -0.25) is 9.59 Å². The van der Waals surface area contributed by atoms with Crippen LogP contribution in [0.2, 0.25) is 36.3 Å². The Bertz CT molecular complexity index is 1410. The second-order valence-corrected chi connectivity index (χ2v) is 31.1. The minimum Gasteiger partial charge on any atom is -0.462 e. The zero-order valence-electron chi connectivity index (χ0n) is 37.5. The summed E-state index contributed by atoms with van der Waals surface area (Å²) in [5.74, 6) is 1.12. The highest BCUT2D eigenvalue weighted by Gasteiger charge is 2.54. The number of ether oxygens (including phenoxy) is 1. The van der Waals surface area contributed by atoms with Crippen molar-refractivity contribution in [2.75, 3.05) is 0 Å². The summed E-state index contributed by atoms with van der Waals surface area (Å²) in [5, 5.41) is 0.255. The first kappa shape index (κ1) is 45.4. The van der Waals surface area contributed by atoms with Crippen LogP contribution in [0.25, 0.3) is 0 Å². The highest BCUT2D eigenvalue weighted by molar-refractivity contribution is 6.74. The van der Waals surface area contributed by atoms with Gasteiger partial charge in [0.15, 0.2) is 16.6 Å². The number of carbonyl (C=O) groups excluding carboxylic acids is 2. The molecule has 0 saturated heterocycles. The van der Waals surface area contributed by atoms with Gasteiger partial charge in [0, 0.05) is 25.2 Å². The Hall–Kier alpha value is -1.29. The van der Waals surface area contributed by atoms with E-state index in [2.05, 4.69) is 101 Å². The molecule has 4 aliphatic carbocycles. The molecule has 0 heterocycles. The second-order valence-electron chi connectivity index (χ2n) is 21.6. The molecule has 5 nitrogen and oxygen atoms in total. The molecule has 0 aromatic rings. The minimum atomic E-state index is -2.04. The number of fused-ring (bicyclic) bond motifs is 1. The third-order valence-corrected chi connectivity index (χ3v) is 24.7. The molecule has 0 N–H and O–H groups in total. The number of hydrogen-bond acceptors (Lipinski definition) is 5. The first-order chi connectivity index (χ1) is 24.9. The van der Waals surface area contributed by atoms with Crippen LogP contribution in [0, 0.1) is 28.6 Å². The molecule has 4 aliphatic rings. The fourth-order valence-corrected chi connectivity index (χ4v) is 12.5. The SMILES string of the molecule is C=C1/C(=C\C=C2/CCC[C@]3(C)[C@@H]([C@H](C)C(CC(=O)C4(CCCCCC)CC4)OC(C)=O)CC[C@@H]23)CC(O[Si](C)(C)C(C)(C)C)CC1O[Si](C)(C)C(C)(C)C. The smallest absolute Gasteiger partial charge is 0.302 e. The van der Waals surface area contributed by atoms with Gasteiger partial charge in [0.05, 0.1) is 12.2 Å². The van der Waals surface area contributed by atoms with Crippen molar-refractivity contribution in [1.82, 2.24) is 0 Å². The monoisotopic (exact) mass is 783 g/mol. The van der Waals surface area contributed by atoms with Crippen molar-refractivity contribution in [3.8, 4) is 0 Å². The van der Waals surface area contributed by atoms with Crippen molar-refractivity contribution >= 4 is 28.4 Å². The van der Waals surface area contributed by atoms with Gasteiger partial charge in [-0.2, -0.15) is 0 Å². The Labute approximate surface area is 334 Å². The predicted molar refractivity (Wildman–Crippen MR) is 232 cm³/mol. The van der Waals surface area contributed by atoms with Gasteiger partial charge >= 0.3 is 5.97 Å². The quantitative estimate of drug-likeness (QED) is 0.0886. The van der Waals surface area contributed by atoms with Crippen LogP contribution < -0.4 is 0 Å². The van der Waals surface area contributed by atoms with E-state index in [4.69, 9.17) is 20.2 Å². The zero-order chi connectivity index (χ0) is 40.5. The van der Waals surface area contributed by atoms with Gasteiger partial charge in [-0.05, 0) is 128 Å². The van der Waals surface area contributed by atoms with Crippen molar-refractivity contribution in [2.24, 2.45) is 28.6 Å². The first-order valence-corrected chi connectivity index (χ1v) is 27.8. The van der Waals surface area contributed by atoms with Crippen LogP contribution in [0.4, 0.5) is 0 Å². The molecule has 7 heteroatoms. The van der Waals surface area contributed by atoms with Gasteiger partial charge < -0.3 is 13.6 Å². The van der Waals surface area contributed by atoms with Gasteiger partial charge in [-0.15, -0.1) is 0 Å². The van der Waals surface area contributed by atoms with E-state index in [0.29, 0.717) is 24.0 Å². The lowest BCUT2D eigenvalue weighted by Gasteiger charge is -2.46. The van der Waals surface area contributed by atoms with E-state index in [9.17, 15) is 9.59 Å². The minimum absolute atomic E-state index is 0.0283. The topological polar surface area (TPSA) is 61.8 Å². The number of Topliss-reactive ketones (excluding diaryl/α,β-unsaturated/α-hetero) is 1. The molecule has 7 atom stereocenters. The molecular weight excluding hydrogens is 701 g/mol. The van der Waals surface area contributed by atoms with E-state index in [1.54, 1.807) is 5.57 Å². The van der Waals surface area contributed by atoms with Crippen molar-refractivity contribution in [3.05, 3.63) is 35.5 Å². The molecule has 0 aliphatic heterocycles. The Morgan fingerprint density at radius 2 is 1.56 bits per heavy atom. The van der Waals surface area contributed by atoms with Crippen LogP contribution in [-0.2, 0) is 23.2 Å². The Morgan fingerprint density at radius 3 is 2.13 bits per heavy atom. The molecule has 54 heavy (non-hydrogen) atoms. The van der Waals surface area contributed by atoms with E-state index in [-0.39, 0.29) is 51.1 Å². The summed E-state index contributed by atoms with van der Waals surface area (Å²) in [6, 6.07) is 0. The molecule has 0 radical (unpaired) electrons. The molecule has 308 valence electrons. The average Bonchev–Trinajstić information content (AvgIpc) is 3.75. The normalized spacial score (nSPS) is 30.3. The van der Waals surface area contributed by atoms with Crippen molar-refractivity contribution in [2.45, 2.75) is 220 Å². The van der Waals surface area contributed by atoms with Crippen LogP contribution in [0.5, 0.6) is 0 Å².